The van der Waals surface area contributed by atoms with E-state index in [9.17, 15) is 13.2 Å². The predicted molar refractivity (Wildman–Crippen MR) is 150 cm³/mol. The molecular weight excluding hydrogens is 524 g/mol. The average molecular weight is 551 g/mol. The Balaban J connectivity index is 1.61. The van der Waals surface area contributed by atoms with Crippen molar-refractivity contribution < 1.29 is 22.7 Å². The number of halogens is 1. The summed E-state index contributed by atoms with van der Waals surface area (Å²) in [5.41, 5.74) is 2.84. The van der Waals surface area contributed by atoms with E-state index in [-0.39, 0.29) is 17.3 Å². The van der Waals surface area contributed by atoms with Crippen molar-refractivity contribution in [2.24, 2.45) is 0 Å². The summed E-state index contributed by atoms with van der Waals surface area (Å²) in [5.74, 6) is 0.738. The first-order chi connectivity index (χ1) is 18.2. The number of nitrogens with one attached hydrogen (secondary N) is 1. The van der Waals surface area contributed by atoms with Crippen LogP contribution in [0.25, 0.3) is 0 Å². The summed E-state index contributed by atoms with van der Waals surface area (Å²) in [6, 6.07) is 25.3. The number of amides is 1. The highest BCUT2D eigenvalue weighted by Crippen LogP contribution is 2.32. The number of nitrogens with zero attached hydrogens (tertiary/aromatic N) is 1. The third-order valence-electron chi connectivity index (χ3n) is 5.97. The fourth-order valence-electron chi connectivity index (χ4n) is 3.89. The number of benzene rings is 4. The Hall–Kier alpha value is -4.01. The molecule has 0 aromatic heterocycles. The van der Waals surface area contributed by atoms with Crippen LogP contribution in [0.15, 0.2) is 95.9 Å². The second-order valence-electron chi connectivity index (χ2n) is 8.47. The molecule has 0 radical (unpaired) electrons. The SMILES string of the molecule is COc1ccc(NC(=O)c2ccc(CN(c3cc(Cl)ccc3C)S(=O)(=O)c3ccccc3)cc2)c(OC)c1. The van der Waals surface area contributed by atoms with Crippen molar-refractivity contribution in [2.75, 3.05) is 23.8 Å². The van der Waals surface area contributed by atoms with Gasteiger partial charge in [0.15, 0.2) is 0 Å². The van der Waals surface area contributed by atoms with Crippen LogP contribution in [0, 0.1) is 6.92 Å². The van der Waals surface area contributed by atoms with Gasteiger partial charge in [0, 0.05) is 16.7 Å². The lowest BCUT2D eigenvalue weighted by Gasteiger charge is -2.26. The van der Waals surface area contributed by atoms with E-state index in [1.165, 1.54) is 11.4 Å². The molecule has 4 aromatic carbocycles. The van der Waals surface area contributed by atoms with Crippen molar-refractivity contribution in [3.05, 3.63) is 113 Å². The first-order valence-electron chi connectivity index (χ1n) is 11.7. The zero-order valence-corrected chi connectivity index (χ0v) is 22.7. The molecule has 4 aromatic rings. The monoisotopic (exact) mass is 550 g/mol. The number of ether oxygens (including phenoxy) is 2. The molecule has 0 aliphatic rings. The van der Waals surface area contributed by atoms with Gasteiger partial charge in [-0.3, -0.25) is 9.10 Å². The van der Waals surface area contributed by atoms with Crippen LogP contribution < -0.4 is 19.1 Å². The van der Waals surface area contributed by atoms with Gasteiger partial charge in [0.2, 0.25) is 0 Å². The molecule has 38 heavy (non-hydrogen) atoms. The minimum Gasteiger partial charge on any atom is -0.497 e. The van der Waals surface area contributed by atoms with Crippen molar-refractivity contribution in [1.82, 2.24) is 0 Å². The molecule has 0 unspecified atom stereocenters. The Kier molecular flexibility index (Phi) is 8.24. The molecule has 0 aliphatic carbocycles. The van der Waals surface area contributed by atoms with E-state index < -0.39 is 10.0 Å². The summed E-state index contributed by atoms with van der Waals surface area (Å²) in [6.07, 6.45) is 0. The Morgan fingerprint density at radius 3 is 2.26 bits per heavy atom. The molecule has 0 heterocycles. The third kappa shape index (κ3) is 5.93. The van der Waals surface area contributed by atoms with Crippen LogP contribution in [0.5, 0.6) is 11.5 Å². The van der Waals surface area contributed by atoms with Crippen molar-refractivity contribution in [1.29, 1.82) is 0 Å². The highest BCUT2D eigenvalue weighted by atomic mass is 35.5. The maximum atomic E-state index is 13.7. The van der Waals surface area contributed by atoms with Crippen LogP contribution >= 0.6 is 11.6 Å². The van der Waals surface area contributed by atoms with Crippen LogP contribution in [0.1, 0.15) is 21.5 Å². The number of aryl methyl sites for hydroxylation is 1. The summed E-state index contributed by atoms with van der Waals surface area (Å²) in [5, 5.41) is 3.26. The Morgan fingerprint density at radius 1 is 0.895 bits per heavy atom. The van der Waals surface area contributed by atoms with Crippen molar-refractivity contribution in [3.63, 3.8) is 0 Å². The highest BCUT2D eigenvalue weighted by molar-refractivity contribution is 7.92. The number of carbonyl (C=O) groups is 1. The van der Waals surface area contributed by atoms with Crippen molar-refractivity contribution in [3.8, 4) is 11.5 Å². The number of carbonyl (C=O) groups excluding carboxylic acids is 1. The lowest BCUT2D eigenvalue weighted by molar-refractivity contribution is 0.102. The zero-order chi connectivity index (χ0) is 27.3. The number of anilines is 2. The van der Waals surface area contributed by atoms with Crippen LogP contribution in [-0.2, 0) is 16.6 Å². The minimum atomic E-state index is -3.90. The largest absolute Gasteiger partial charge is 0.497 e. The van der Waals surface area contributed by atoms with E-state index in [1.54, 1.807) is 98.1 Å². The number of hydrogen-bond donors (Lipinski definition) is 1. The second-order valence-corrected chi connectivity index (χ2v) is 10.8. The fourth-order valence-corrected chi connectivity index (χ4v) is 5.59. The summed E-state index contributed by atoms with van der Waals surface area (Å²) in [7, 11) is -0.841. The Labute approximate surface area is 227 Å². The molecule has 0 spiro atoms. The van der Waals surface area contributed by atoms with E-state index in [1.807, 2.05) is 6.92 Å². The topological polar surface area (TPSA) is 84.9 Å². The van der Waals surface area contributed by atoms with Gasteiger partial charge in [-0.2, -0.15) is 0 Å². The Bertz CT molecular complexity index is 1540. The van der Waals surface area contributed by atoms with Gasteiger partial charge >= 0.3 is 0 Å². The van der Waals surface area contributed by atoms with E-state index in [2.05, 4.69) is 5.32 Å². The smallest absolute Gasteiger partial charge is 0.264 e. The molecule has 9 heteroatoms. The molecule has 4 rings (SSSR count). The summed E-state index contributed by atoms with van der Waals surface area (Å²) >= 11 is 6.24. The van der Waals surface area contributed by atoms with Gasteiger partial charge in [0.1, 0.15) is 11.5 Å². The van der Waals surface area contributed by atoms with E-state index in [0.29, 0.717) is 39.0 Å². The molecule has 196 valence electrons. The number of hydrogen-bond acceptors (Lipinski definition) is 5. The zero-order valence-electron chi connectivity index (χ0n) is 21.1. The minimum absolute atomic E-state index is 0.0482. The summed E-state index contributed by atoms with van der Waals surface area (Å²) < 4.78 is 39.2. The van der Waals surface area contributed by atoms with Crippen molar-refractivity contribution in [2.45, 2.75) is 18.4 Å². The molecule has 0 bridgehead atoms. The standard InChI is InChI=1S/C29H27ClN2O5S/c1-20-9-14-23(30)17-27(20)32(38(34,35)25-7-5-4-6-8-25)19-21-10-12-22(13-11-21)29(33)31-26-16-15-24(36-2)18-28(26)37-3/h4-18H,19H2,1-3H3,(H,31,33). The lowest BCUT2D eigenvalue weighted by atomic mass is 10.1. The molecular formula is C29H27ClN2O5S. The van der Waals surface area contributed by atoms with Crippen LogP contribution in [0.4, 0.5) is 11.4 Å². The molecule has 0 saturated heterocycles. The summed E-state index contributed by atoms with van der Waals surface area (Å²) in [4.78, 5) is 13.1. The van der Waals surface area contributed by atoms with E-state index >= 15 is 0 Å². The molecule has 1 N–H and O–H groups in total. The molecule has 7 nitrogen and oxygen atoms in total. The molecule has 0 saturated carbocycles. The maximum absolute atomic E-state index is 13.7. The average Bonchev–Trinajstić information content (AvgIpc) is 2.94. The van der Waals surface area contributed by atoms with Crippen LogP contribution in [-0.4, -0.2) is 28.5 Å². The number of rotatable bonds is 9. The van der Waals surface area contributed by atoms with E-state index in [0.717, 1.165) is 5.56 Å². The first-order valence-corrected chi connectivity index (χ1v) is 13.5. The van der Waals surface area contributed by atoms with Gasteiger partial charge in [0.05, 0.1) is 37.0 Å². The predicted octanol–water partition coefficient (Wildman–Crippen LogP) is 6.31. The molecule has 0 fully saturated rings. The third-order valence-corrected chi connectivity index (χ3v) is 7.98. The molecule has 0 aliphatic heterocycles. The highest BCUT2D eigenvalue weighted by Gasteiger charge is 2.26. The van der Waals surface area contributed by atoms with Gasteiger partial charge in [-0.15, -0.1) is 0 Å². The van der Waals surface area contributed by atoms with Crippen molar-refractivity contribution >= 4 is 38.9 Å². The molecule has 0 atom stereocenters. The van der Waals surface area contributed by atoms with Gasteiger partial charge < -0.3 is 14.8 Å². The first kappa shape index (κ1) is 27.0. The van der Waals surface area contributed by atoms with Gasteiger partial charge in [0.25, 0.3) is 15.9 Å². The van der Waals surface area contributed by atoms with E-state index in [4.69, 9.17) is 21.1 Å². The summed E-state index contributed by atoms with van der Waals surface area (Å²) in [6.45, 7) is 1.88. The number of sulfonamides is 1. The maximum Gasteiger partial charge on any atom is 0.264 e. The quantitative estimate of drug-likeness (QED) is 0.264. The Morgan fingerprint density at radius 2 is 1.61 bits per heavy atom. The van der Waals surface area contributed by atoms with Gasteiger partial charge in [-0.1, -0.05) is 48.0 Å². The second kappa shape index (κ2) is 11.6. The number of methoxy groups -OCH3 is 2. The molecule has 1 amide bonds. The van der Waals surface area contributed by atoms with Crippen LogP contribution in [0.3, 0.4) is 0 Å². The van der Waals surface area contributed by atoms with Crippen LogP contribution in [0.2, 0.25) is 5.02 Å². The fraction of sp³-hybridized carbons (Fsp3) is 0.138. The normalized spacial score (nSPS) is 11.1. The van der Waals surface area contributed by atoms with Gasteiger partial charge in [-0.05, 0) is 66.6 Å². The van der Waals surface area contributed by atoms with Gasteiger partial charge in [-0.25, -0.2) is 8.42 Å². The lowest BCUT2D eigenvalue weighted by Crippen LogP contribution is -2.31.